The maximum absolute atomic E-state index is 6.02. The molecule has 0 amide bonds. The third kappa shape index (κ3) is 3.74. The second-order valence-corrected chi connectivity index (χ2v) is 5.14. The van der Waals surface area contributed by atoms with E-state index in [1.807, 2.05) is 6.07 Å². The number of hydrogen-bond acceptors (Lipinski definition) is 2. The van der Waals surface area contributed by atoms with Gasteiger partial charge in [-0.2, -0.15) is 0 Å². The van der Waals surface area contributed by atoms with Crippen molar-refractivity contribution in [3.63, 3.8) is 0 Å². The molecule has 0 aliphatic carbocycles. The van der Waals surface area contributed by atoms with E-state index in [2.05, 4.69) is 37.4 Å². The van der Waals surface area contributed by atoms with Crippen molar-refractivity contribution < 1.29 is 4.74 Å². The van der Waals surface area contributed by atoms with Gasteiger partial charge in [0.1, 0.15) is 5.75 Å². The molecule has 2 unspecified atom stereocenters. The van der Waals surface area contributed by atoms with Crippen LogP contribution in [0.1, 0.15) is 31.7 Å². The summed E-state index contributed by atoms with van der Waals surface area (Å²) in [6.07, 6.45) is 4.11. The molecule has 1 N–H and O–H groups in total. The number of aryl methyl sites for hydroxylation is 1. The molecule has 2 rings (SSSR count). The van der Waals surface area contributed by atoms with Gasteiger partial charge in [-0.25, -0.2) is 0 Å². The number of rotatable bonds is 4. The SMILES string of the molecule is Cc1ccccc1OC(C)CC1CCCNC1. The van der Waals surface area contributed by atoms with Crippen LogP contribution in [0.25, 0.3) is 0 Å². The molecule has 1 aromatic rings. The maximum Gasteiger partial charge on any atom is 0.122 e. The Morgan fingerprint density at radius 2 is 2.24 bits per heavy atom. The van der Waals surface area contributed by atoms with Crippen LogP contribution in [0.4, 0.5) is 0 Å². The molecule has 2 atom stereocenters. The molecule has 0 bridgehead atoms. The first-order chi connectivity index (χ1) is 8.25. The van der Waals surface area contributed by atoms with Gasteiger partial charge in [0.25, 0.3) is 0 Å². The number of ether oxygens (including phenoxy) is 1. The third-order valence-corrected chi connectivity index (χ3v) is 3.49. The van der Waals surface area contributed by atoms with E-state index >= 15 is 0 Å². The normalized spacial score (nSPS) is 22.1. The van der Waals surface area contributed by atoms with E-state index in [1.165, 1.54) is 24.9 Å². The van der Waals surface area contributed by atoms with E-state index in [4.69, 9.17) is 4.74 Å². The number of nitrogens with one attached hydrogen (secondary N) is 1. The summed E-state index contributed by atoms with van der Waals surface area (Å²) in [5.41, 5.74) is 1.22. The molecule has 1 aliphatic rings. The number of piperidine rings is 1. The van der Waals surface area contributed by atoms with Gasteiger partial charge in [-0.3, -0.25) is 0 Å². The van der Waals surface area contributed by atoms with Crippen LogP contribution in [-0.2, 0) is 0 Å². The van der Waals surface area contributed by atoms with Gasteiger partial charge in [0.15, 0.2) is 0 Å². The summed E-state index contributed by atoms with van der Waals surface area (Å²) in [5, 5.41) is 3.46. The fraction of sp³-hybridized carbons (Fsp3) is 0.600. The molecule has 1 aromatic carbocycles. The molecular weight excluding hydrogens is 210 g/mol. The molecule has 17 heavy (non-hydrogen) atoms. The van der Waals surface area contributed by atoms with Crippen molar-refractivity contribution in [2.45, 2.75) is 39.2 Å². The van der Waals surface area contributed by atoms with Gasteiger partial charge in [0.05, 0.1) is 6.10 Å². The van der Waals surface area contributed by atoms with Gasteiger partial charge in [0, 0.05) is 0 Å². The topological polar surface area (TPSA) is 21.3 Å². The molecule has 0 aromatic heterocycles. The van der Waals surface area contributed by atoms with E-state index < -0.39 is 0 Å². The lowest BCUT2D eigenvalue weighted by molar-refractivity contribution is 0.172. The van der Waals surface area contributed by atoms with Crippen LogP contribution < -0.4 is 10.1 Å². The molecule has 94 valence electrons. The zero-order chi connectivity index (χ0) is 12.1. The van der Waals surface area contributed by atoms with Crippen LogP contribution in [0.2, 0.25) is 0 Å². The summed E-state index contributed by atoms with van der Waals surface area (Å²) >= 11 is 0. The molecule has 2 nitrogen and oxygen atoms in total. The Kier molecular flexibility index (Phi) is 4.43. The highest BCUT2D eigenvalue weighted by Gasteiger charge is 2.17. The highest BCUT2D eigenvalue weighted by Crippen LogP contribution is 2.22. The molecule has 1 heterocycles. The molecule has 2 heteroatoms. The summed E-state index contributed by atoms with van der Waals surface area (Å²) in [5.74, 6) is 1.81. The van der Waals surface area contributed by atoms with Gasteiger partial charge in [-0.1, -0.05) is 18.2 Å². The molecule has 1 fully saturated rings. The largest absolute Gasteiger partial charge is 0.490 e. The van der Waals surface area contributed by atoms with E-state index in [-0.39, 0.29) is 0 Å². The fourth-order valence-corrected chi connectivity index (χ4v) is 2.55. The molecule has 1 aliphatic heterocycles. The molecule has 0 saturated carbocycles. The fourth-order valence-electron chi connectivity index (χ4n) is 2.55. The predicted molar refractivity (Wildman–Crippen MR) is 71.5 cm³/mol. The van der Waals surface area contributed by atoms with Crippen LogP contribution in [-0.4, -0.2) is 19.2 Å². The zero-order valence-electron chi connectivity index (χ0n) is 10.9. The van der Waals surface area contributed by atoms with Crippen LogP contribution >= 0.6 is 0 Å². The minimum Gasteiger partial charge on any atom is -0.490 e. The van der Waals surface area contributed by atoms with Gasteiger partial charge in [-0.15, -0.1) is 0 Å². The smallest absolute Gasteiger partial charge is 0.122 e. The Hall–Kier alpha value is -1.02. The van der Waals surface area contributed by atoms with Crippen LogP contribution in [0.3, 0.4) is 0 Å². The zero-order valence-corrected chi connectivity index (χ0v) is 10.9. The van der Waals surface area contributed by atoms with Crippen LogP contribution in [0.5, 0.6) is 5.75 Å². The minimum absolute atomic E-state index is 0.306. The van der Waals surface area contributed by atoms with Crippen molar-refractivity contribution in [3.8, 4) is 5.75 Å². The first-order valence-corrected chi connectivity index (χ1v) is 6.68. The Morgan fingerprint density at radius 1 is 1.41 bits per heavy atom. The lowest BCUT2D eigenvalue weighted by Crippen LogP contribution is -2.32. The van der Waals surface area contributed by atoms with E-state index in [9.17, 15) is 0 Å². The average Bonchev–Trinajstić information content (AvgIpc) is 2.33. The van der Waals surface area contributed by atoms with Crippen LogP contribution in [0, 0.1) is 12.8 Å². The minimum atomic E-state index is 0.306. The van der Waals surface area contributed by atoms with Crippen molar-refractivity contribution >= 4 is 0 Å². The van der Waals surface area contributed by atoms with E-state index in [1.54, 1.807) is 0 Å². The van der Waals surface area contributed by atoms with Gasteiger partial charge < -0.3 is 10.1 Å². The number of hydrogen-bond donors (Lipinski definition) is 1. The summed E-state index contributed by atoms with van der Waals surface area (Å²) in [6.45, 7) is 6.62. The molecule has 0 spiro atoms. The van der Waals surface area contributed by atoms with Gasteiger partial charge in [0.2, 0.25) is 0 Å². The summed E-state index contributed by atoms with van der Waals surface area (Å²) in [4.78, 5) is 0. The first kappa shape index (κ1) is 12.4. The molecule has 1 saturated heterocycles. The average molecular weight is 233 g/mol. The molecular formula is C15H23NO. The van der Waals surface area contributed by atoms with Crippen molar-refractivity contribution in [2.75, 3.05) is 13.1 Å². The third-order valence-electron chi connectivity index (χ3n) is 3.49. The van der Waals surface area contributed by atoms with Crippen LogP contribution in [0.15, 0.2) is 24.3 Å². The Balaban J connectivity index is 1.84. The molecule has 0 radical (unpaired) electrons. The van der Waals surface area contributed by atoms with Crippen molar-refractivity contribution in [1.82, 2.24) is 5.32 Å². The Morgan fingerprint density at radius 3 is 2.94 bits per heavy atom. The Bertz CT molecular complexity index is 345. The van der Waals surface area contributed by atoms with E-state index in [0.717, 1.165) is 24.6 Å². The van der Waals surface area contributed by atoms with Gasteiger partial charge >= 0.3 is 0 Å². The second-order valence-electron chi connectivity index (χ2n) is 5.14. The van der Waals surface area contributed by atoms with E-state index in [0.29, 0.717) is 6.10 Å². The summed E-state index contributed by atoms with van der Waals surface area (Å²) in [7, 11) is 0. The number of para-hydroxylation sites is 1. The standard InChI is InChI=1S/C15H23NO/c1-12-6-3-4-8-15(12)17-13(2)10-14-7-5-9-16-11-14/h3-4,6,8,13-14,16H,5,7,9-11H2,1-2H3. The summed E-state index contributed by atoms with van der Waals surface area (Å²) in [6, 6.07) is 8.25. The number of benzene rings is 1. The summed E-state index contributed by atoms with van der Waals surface area (Å²) < 4.78 is 6.02. The Labute approximate surface area is 104 Å². The van der Waals surface area contributed by atoms with Crippen molar-refractivity contribution in [2.24, 2.45) is 5.92 Å². The lowest BCUT2D eigenvalue weighted by Gasteiger charge is -2.26. The van der Waals surface area contributed by atoms with Crippen molar-refractivity contribution in [1.29, 1.82) is 0 Å². The lowest BCUT2D eigenvalue weighted by atomic mass is 9.94. The highest BCUT2D eigenvalue weighted by atomic mass is 16.5. The quantitative estimate of drug-likeness (QED) is 0.862. The monoisotopic (exact) mass is 233 g/mol. The van der Waals surface area contributed by atoms with Gasteiger partial charge in [-0.05, 0) is 63.7 Å². The highest BCUT2D eigenvalue weighted by molar-refractivity contribution is 5.31. The predicted octanol–water partition coefficient (Wildman–Crippen LogP) is 3.15. The first-order valence-electron chi connectivity index (χ1n) is 6.68. The van der Waals surface area contributed by atoms with Crippen molar-refractivity contribution in [3.05, 3.63) is 29.8 Å². The second kappa shape index (κ2) is 6.06. The maximum atomic E-state index is 6.02.